The lowest BCUT2D eigenvalue weighted by atomic mass is 10.0. The standard InChI is InChI=1S/C20H40/c1-4-5-6-7-8-9-10-11-12-13-14-15-16-17-18-19-20(2)3/h4,20H,1,5-19H2,2-3H3. The van der Waals surface area contributed by atoms with Gasteiger partial charge in [-0.15, -0.1) is 6.58 Å². The van der Waals surface area contributed by atoms with E-state index >= 15 is 0 Å². The normalized spacial score (nSPS) is 11.2. The maximum Gasteiger partial charge on any atom is -0.0353 e. The molecule has 0 saturated heterocycles. The average Bonchev–Trinajstić information content (AvgIpc) is 2.43. The minimum Gasteiger partial charge on any atom is -0.103 e. The zero-order valence-corrected chi connectivity index (χ0v) is 14.5. The zero-order valence-electron chi connectivity index (χ0n) is 14.5. The fourth-order valence-corrected chi connectivity index (χ4v) is 2.79. The summed E-state index contributed by atoms with van der Waals surface area (Å²) in [7, 11) is 0. The summed E-state index contributed by atoms with van der Waals surface area (Å²) in [5.41, 5.74) is 0. The molecule has 0 N–H and O–H groups in total. The molecule has 0 unspecified atom stereocenters. The Hall–Kier alpha value is -0.260. The van der Waals surface area contributed by atoms with Crippen molar-refractivity contribution in [3.63, 3.8) is 0 Å². The van der Waals surface area contributed by atoms with Gasteiger partial charge < -0.3 is 0 Å². The number of unbranched alkanes of at least 4 members (excludes halogenated alkanes) is 13. The third kappa shape index (κ3) is 17.7. The highest BCUT2D eigenvalue weighted by atomic mass is 14.0. The quantitative estimate of drug-likeness (QED) is 0.201. The molecule has 0 bridgehead atoms. The van der Waals surface area contributed by atoms with Gasteiger partial charge in [-0.3, -0.25) is 0 Å². The number of hydrogen-bond donors (Lipinski definition) is 0. The van der Waals surface area contributed by atoms with Crippen LogP contribution in [-0.4, -0.2) is 0 Å². The van der Waals surface area contributed by atoms with E-state index in [4.69, 9.17) is 0 Å². The smallest absolute Gasteiger partial charge is 0.0353 e. The predicted octanol–water partition coefficient (Wildman–Crippen LogP) is 7.68. The van der Waals surface area contributed by atoms with Crippen molar-refractivity contribution in [1.29, 1.82) is 0 Å². The van der Waals surface area contributed by atoms with Crippen molar-refractivity contribution in [2.45, 2.75) is 110 Å². The second kappa shape index (κ2) is 16.8. The molecule has 0 aromatic heterocycles. The molecule has 0 aromatic carbocycles. The Labute approximate surface area is 129 Å². The third-order valence-corrected chi connectivity index (χ3v) is 4.19. The van der Waals surface area contributed by atoms with Crippen LogP contribution in [0.15, 0.2) is 12.7 Å². The summed E-state index contributed by atoms with van der Waals surface area (Å²) in [4.78, 5) is 0. The molecule has 0 aliphatic carbocycles. The van der Waals surface area contributed by atoms with Gasteiger partial charge in [-0.2, -0.15) is 0 Å². The summed E-state index contributed by atoms with van der Waals surface area (Å²) >= 11 is 0. The molecule has 120 valence electrons. The molecule has 0 radical (unpaired) electrons. The Morgan fingerprint density at radius 2 is 0.950 bits per heavy atom. The van der Waals surface area contributed by atoms with E-state index < -0.39 is 0 Å². The van der Waals surface area contributed by atoms with E-state index in [1.807, 2.05) is 6.08 Å². The summed E-state index contributed by atoms with van der Waals surface area (Å²) in [6.07, 6.45) is 23.5. The molecule has 0 atom stereocenters. The Morgan fingerprint density at radius 3 is 1.30 bits per heavy atom. The van der Waals surface area contributed by atoms with Crippen LogP contribution >= 0.6 is 0 Å². The van der Waals surface area contributed by atoms with Gasteiger partial charge in [-0.25, -0.2) is 0 Å². The Kier molecular flexibility index (Phi) is 16.6. The highest BCUT2D eigenvalue weighted by Crippen LogP contribution is 2.14. The van der Waals surface area contributed by atoms with Crippen molar-refractivity contribution in [1.82, 2.24) is 0 Å². The number of allylic oxidation sites excluding steroid dienone is 1. The molecule has 0 spiro atoms. The molecule has 0 aromatic rings. The van der Waals surface area contributed by atoms with Crippen molar-refractivity contribution >= 4 is 0 Å². The van der Waals surface area contributed by atoms with Crippen LogP contribution in [-0.2, 0) is 0 Å². The first kappa shape index (κ1) is 19.7. The van der Waals surface area contributed by atoms with Gasteiger partial charge in [0, 0.05) is 0 Å². The molecule has 0 rings (SSSR count). The number of hydrogen-bond acceptors (Lipinski definition) is 0. The Balaban J connectivity index is 2.94. The highest BCUT2D eigenvalue weighted by molar-refractivity contribution is 4.65. The average molecular weight is 281 g/mol. The van der Waals surface area contributed by atoms with Crippen molar-refractivity contribution in [3.8, 4) is 0 Å². The van der Waals surface area contributed by atoms with E-state index in [1.165, 1.54) is 96.3 Å². The van der Waals surface area contributed by atoms with Crippen LogP contribution in [0.1, 0.15) is 110 Å². The van der Waals surface area contributed by atoms with Crippen molar-refractivity contribution in [3.05, 3.63) is 12.7 Å². The molecule has 0 saturated carbocycles. The fourth-order valence-electron chi connectivity index (χ4n) is 2.79. The lowest BCUT2D eigenvalue weighted by molar-refractivity contribution is 0.503. The molecule has 0 aliphatic heterocycles. The lowest BCUT2D eigenvalue weighted by Crippen LogP contribution is -1.87. The largest absolute Gasteiger partial charge is 0.103 e. The third-order valence-electron chi connectivity index (χ3n) is 4.19. The highest BCUT2D eigenvalue weighted by Gasteiger charge is 1.95. The molecule has 0 nitrogen and oxygen atoms in total. The van der Waals surface area contributed by atoms with Crippen molar-refractivity contribution < 1.29 is 0 Å². The van der Waals surface area contributed by atoms with E-state index in [2.05, 4.69) is 20.4 Å². The van der Waals surface area contributed by atoms with Crippen LogP contribution < -0.4 is 0 Å². The van der Waals surface area contributed by atoms with E-state index in [1.54, 1.807) is 0 Å². The maximum atomic E-state index is 3.77. The van der Waals surface area contributed by atoms with E-state index in [9.17, 15) is 0 Å². The monoisotopic (exact) mass is 280 g/mol. The second-order valence-corrected chi connectivity index (χ2v) is 6.86. The van der Waals surface area contributed by atoms with Gasteiger partial charge in [0.2, 0.25) is 0 Å². The summed E-state index contributed by atoms with van der Waals surface area (Å²) in [6.45, 7) is 8.43. The van der Waals surface area contributed by atoms with Crippen molar-refractivity contribution in [2.75, 3.05) is 0 Å². The Morgan fingerprint density at radius 1 is 0.600 bits per heavy atom. The van der Waals surface area contributed by atoms with Crippen molar-refractivity contribution in [2.24, 2.45) is 5.92 Å². The molecule has 0 heterocycles. The lowest BCUT2D eigenvalue weighted by Gasteiger charge is -2.04. The van der Waals surface area contributed by atoms with Gasteiger partial charge in [0.15, 0.2) is 0 Å². The van der Waals surface area contributed by atoms with Crippen LogP contribution in [0.4, 0.5) is 0 Å². The van der Waals surface area contributed by atoms with Crippen LogP contribution in [0.5, 0.6) is 0 Å². The summed E-state index contributed by atoms with van der Waals surface area (Å²) in [5, 5.41) is 0. The maximum absolute atomic E-state index is 3.77. The fraction of sp³-hybridized carbons (Fsp3) is 0.900. The summed E-state index contributed by atoms with van der Waals surface area (Å²) < 4.78 is 0. The van der Waals surface area contributed by atoms with Crippen LogP contribution in [0.25, 0.3) is 0 Å². The summed E-state index contributed by atoms with van der Waals surface area (Å²) in [5.74, 6) is 0.895. The van der Waals surface area contributed by atoms with Gasteiger partial charge in [0.05, 0.1) is 0 Å². The second-order valence-electron chi connectivity index (χ2n) is 6.86. The first-order valence-electron chi connectivity index (χ1n) is 9.38. The summed E-state index contributed by atoms with van der Waals surface area (Å²) in [6, 6.07) is 0. The van der Waals surface area contributed by atoms with Gasteiger partial charge in [-0.05, 0) is 18.8 Å². The van der Waals surface area contributed by atoms with E-state index in [-0.39, 0.29) is 0 Å². The van der Waals surface area contributed by atoms with E-state index in [0.717, 1.165) is 5.92 Å². The SMILES string of the molecule is C=CCCCCCCCCCCCCCCCC(C)C. The molecule has 0 fully saturated rings. The zero-order chi connectivity index (χ0) is 14.9. The van der Waals surface area contributed by atoms with Gasteiger partial charge in [-0.1, -0.05) is 103 Å². The van der Waals surface area contributed by atoms with Gasteiger partial charge in [0.25, 0.3) is 0 Å². The molecule has 20 heavy (non-hydrogen) atoms. The van der Waals surface area contributed by atoms with Gasteiger partial charge in [0.1, 0.15) is 0 Å². The topological polar surface area (TPSA) is 0 Å². The number of rotatable bonds is 16. The first-order valence-corrected chi connectivity index (χ1v) is 9.38. The predicted molar refractivity (Wildman–Crippen MR) is 94.3 cm³/mol. The molecule has 0 heteroatoms. The van der Waals surface area contributed by atoms with E-state index in [0.29, 0.717) is 0 Å². The molecule has 0 aliphatic rings. The first-order chi connectivity index (χ1) is 9.77. The molecular formula is C20H40. The van der Waals surface area contributed by atoms with Gasteiger partial charge >= 0.3 is 0 Å². The Bertz CT molecular complexity index is 180. The molecular weight excluding hydrogens is 240 g/mol. The molecule has 0 amide bonds. The van der Waals surface area contributed by atoms with Crippen LogP contribution in [0.3, 0.4) is 0 Å². The minimum atomic E-state index is 0.895. The van der Waals surface area contributed by atoms with Crippen LogP contribution in [0.2, 0.25) is 0 Å². The minimum absolute atomic E-state index is 0.895. The van der Waals surface area contributed by atoms with Crippen LogP contribution in [0, 0.1) is 5.92 Å².